The van der Waals surface area contributed by atoms with E-state index in [9.17, 15) is 4.79 Å². The van der Waals surface area contributed by atoms with Crippen LogP contribution in [0.2, 0.25) is 0 Å². The van der Waals surface area contributed by atoms with Crippen LogP contribution in [-0.2, 0) is 9.53 Å². The third-order valence-corrected chi connectivity index (χ3v) is 2.09. The van der Waals surface area contributed by atoms with Crippen molar-refractivity contribution in [2.75, 3.05) is 6.61 Å². The van der Waals surface area contributed by atoms with E-state index >= 15 is 0 Å². The molecule has 0 fully saturated rings. The highest BCUT2D eigenvalue weighted by molar-refractivity contribution is 5.36. The minimum atomic E-state index is 0.318. The highest BCUT2D eigenvalue weighted by Crippen LogP contribution is 2.26. The van der Waals surface area contributed by atoms with E-state index in [4.69, 9.17) is 0 Å². The minimum absolute atomic E-state index is 0.318. The van der Waals surface area contributed by atoms with E-state index in [0.717, 1.165) is 19.3 Å². The van der Waals surface area contributed by atoms with Gasteiger partial charge in [0.2, 0.25) is 0 Å². The van der Waals surface area contributed by atoms with Crippen molar-refractivity contribution in [1.82, 2.24) is 0 Å². The number of ether oxygens (including phenoxy) is 1. The molecular weight excluding hydrogens is 164 g/mol. The SMILES string of the molecule is C/C=C/CC(C)(C)CCCOC=O. The monoisotopic (exact) mass is 184 g/mol. The maximum Gasteiger partial charge on any atom is 0.293 e. The highest BCUT2D eigenvalue weighted by atomic mass is 16.5. The lowest BCUT2D eigenvalue weighted by Gasteiger charge is -2.22. The van der Waals surface area contributed by atoms with E-state index in [-0.39, 0.29) is 0 Å². The zero-order valence-electron chi connectivity index (χ0n) is 8.88. The van der Waals surface area contributed by atoms with E-state index in [0.29, 0.717) is 18.5 Å². The predicted molar refractivity (Wildman–Crippen MR) is 54.5 cm³/mol. The van der Waals surface area contributed by atoms with Gasteiger partial charge < -0.3 is 4.74 Å². The van der Waals surface area contributed by atoms with Crippen molar-refractivity contribution in [3.8, 4) is 0 Å². The first-order chi connectivity index (χ1) is 6.12. The topological polar surface area (TPSA) is 26.3 Å². The standard InChI is InChI=1S/C11H20O2/c1-4-5-7-11(2,3)8-6-9-13-10-12/h4-5,10H,6-9H2,1-3H3/b5-4+. The Morgan fingerprint density at radius 3 is 2.62 bits per heavy atom. The van der Waals surface area contributed by atoms with E-state index in [1.54, 1.807) is 0 Å². The number of allylic oxidation sites excluding steroid dienone is 2. The van der Waals surface area contributed by atoms with Crippen LogP contribution in [0, 0.1) is 5.41 Å². The molecule has 0 aromatic heterocycles. The molecule has 0 heterocycles. The summed E-state index contributed by atoms with van der Waals surface area (Å²) in [6.45, 7) is 7.55. The quantitative estimate of drug-likeness (QED) is 0.345. The van der Waals surface area contributed by atoms with Gasteiger partial charge in [-0.1, -0.05) is 26.0 Å². The molecule has 0 N–H and O–H groups in total. The van der Waals surface area contributed by atoms with Gasteiger partial charge in [0.1, 0.15) is 0 Å². The Balaban J connectivity index is 3.55. The van der Waals surface area contributed by atoms with Crippen molar-refractivity contribution in [2.24, 2.45) is 5.41 Å². The molecule has 0 saturated carbocycles. The van der Waals surface area contributed by atoms with Gasteiger partial charge in [0, 0.05) is 0 Å². The smallest absolute Gasteiger partial charge is 0.293 e. The summed E-state index contributed by atoms with van der Waals surface area (Å²) in [5.74, 6) is 0. The Labute approximate surface area is 81.0 Å². The van der Waals surface area contributed by atoms with Crippen LogP contribution < -0.4 is 0 Å². The van der Waals surface area contributed by atoms with Crippen molar-refractivity contribution >= 4 is 6.47 Å². The van der Waals surface area contributed by atoms with Crippen molar-refractivity contribution in [3.05, 3.63) is 12.2 Å². The summed E-state index contributed by atoms with van der Waals surface area (Å²) < 4.78 is 4.63. The van der Waals surface area contributed by atoms with E-state index in [1.807, 2.05) is 6.92 Å². The second-order valence-electron chi connectivity index (χ2n) is 4.01. The number of hydrogen-bond donors (Lipinski definition) is 0. The second-order valence-corrected chi connectivity index (χ2v) is 4.01. The first-order valence-electron chi connectivity index (χ1n) is 4.79. The fraction of sp³-hybridized carbons (Fsp3) is 0.727. The Morgan fingerprint density at radius 2 is 2.08 bits per heavy atom. The molecule has 2 heteroatoms. The minimum Gasteiger partial charge on any atom is -0.468 e. The zero-order chi connectivity index (χ0) is 10.2. The molecule has 0 amide bonds. The van der Waals surface area contributed by atoms with Gasteiger partial charge in [-0.15, -0.1) is 0 Å². The van der Waals surface area contributed by atoms with E-state index < -0.39 is 0 Å². The van der Waals surface area contributed by atoms with Crippen LogP contribution >= 0.6 is 0 Å². The molecule has 0 aromatic rings. The molecule has 0 aliphatic rings. The normalized spacial score (nSPS) is 11.9. The summed E-state index contributed by atoms with van der Waals surface area (Å²) >= 11 is 0. The van der Waals surface area contributed by atoms with Crippen LogP contribution in [0.4, 0.5) is 0 Å². The van der Waals surface area contributed by atoms with E-state index in [2.05, 4.69) is 30.7 Å². The molecule has 2 nitrogen and oxygen atoms in total. The first kappa shape index (κ1) is 12.2. The molecule has 13 heavy (non-hydrogen) atoms. The summed E-state index contributed by atoms with van der Waals surface area (Å²) in [4.78, 5) is 9.87. The molecule has 0 bridgehead atoms. The van der Waals surface area contributed by atoms with Gasteiger partial charge in [-0.05, 0) is 31.6 Å². The Hall–Kier alpha value is -0.790. The number of hydrogen-bond acceptors (Lipinski definition) is 2. The van der Waals surface area contributed by atoms with Crippen molar-refractivity contribution in [1.29, 1.82) is 0 Å². The number of carbonyl (C=O) groups excluding carboxylic acids is 1. The third-order valence-electron chi connectivity index (χ3n) is 2.09. The fourth-order valence-electron chi connectivity index (χ4n) is 1.22. The van der Waals surface area contributed by atoms with Crippen molar-refractivity contribution < 1.29 is 9.53 Å². The molecule has 0 spiro atoms. The third kappa shape index (κ3) is 7.57. The molecule has 0 aliphatic carbocycles. The first-order valence-corrected chi connectivity index (χ1v) is 4.79. The molecule has 0 radical (unpaired) electrons. The average Bonchev–Trinajstić information content (AvgIpc) is 2.09. The largest absolute Gasteiger partial charge is 0.468 e. The molecule has 0 rings (SSSR count). The van der Waals surface area contributed by atoms with Crippen molar-refractivity contribution in [3.63, 3.8) is 0 Å². The maximum absolute atomic E-state index is 9.87. The predicted octanol–water partition coefficient (Wildman–Crippen LogP) is 2.93. The second kappa shape index (κ2) is 6.70. The summed E-state index contributed by atoms with van der Waals surface area (Å²) in [6.07, 6.45) is 7.38. The Morgan fingerprint density at radius 1 is 1.38 bits per heavy atom. The molecule has 76 valence electrons. The summed E-state index contributed by atoms with van der Waals surface area (Å²) in [7, 11) is 0. The van der Waals surface area contributed by atoms with Crippen molar-refractivity contribution in [2.45, 2.75) is 40.0 Å². The van der Waals surface area contributed by atoms with Crippen LogP contribution in [0.15, 0.2) is 12.2 Å². The highest BCUT2D eigenvalue weighted by Gasteiger charge is 2.14. The average molecular weight is 184 g/mol. The lowest BCUT2D eigenvalue weighted by atomic mass is 9.84. The number of rotatable bonds is 7. The van der Waals surface area contributed by atoms with Gasteiger partial charge in [-0.25, -0.2) is 0 Å². The van der Waals surface area contributed by atoms with Crippen LogP contribution in [0.3, 0.4) is 0 Å². The maximum atomic E-state index is 9.87. The fourth-order valence-corrected chi connectivity index (χ4v) is 1.22. The summed E-state index contributed by atoms with van der Waals surface area (Å²) in [5.41, 5.74) is 0.318. The molecule has 0 saturated heterocycles. The molecule has 0 unspecified atom stereocenters. The van der Waals surface area contributed by atoms with Gasteiger partial charge >= 0.3 is 0 Å². The molecule has 0 aliphatic heterocycles. The van der Waals surface area contributed by atoms with Gasteiger partial charge in [0.05, 0.1) is 6.61 Å². The Kier molecular flexibility index (Phi) is 6.29. The lowest BCUT2D eigenvalue weighted by molar-refractivity contribution is -0.128. The van der Waals surface area contributed by atoms with Crippen LogP contribution in [0.1, 0.15) is 40.0 Å². The number of carbonyl (C=O) groups is 1. The van der Waals surface area contributed by atoms with Crippen LogP contribution in [0.25, 0.3) is 0 Å². The van der Waals surface area contributed by atoms with Gasteiger partial charge in [-0.2, -0.15) is 0 Å². The van der Waals surface area contributed by atoms with Crippen LogP contribution in [0.5, 0.6) is 0 Å². The Bertz CT molecular complexity index is 159. The van der Waals surface area contributed by atoms with E-state index in [1.165, 1.54) is 0 Å². The molecule has 0 aromatic carbocycles. The summed E-state index contributed by atoms with van der Waals surface area (Å²) in [5, 5.41) is 0. The van der Waals surface area contributed by atoms with Crippen LogP contribution in [-0.4, -0.2) is 13.1 Å². The molecule has 0 atom stereocenters. The summed E-state index contributed by atoms with van der Waals surface area (Å²) in [6, 6.07) is 0. The van der Waals surface area contributed by atoms with Gasteiger partial charge in [-0.3, -0.25) is 4.79 Å². The zero-order valence-corrected chi connectivity index (χ0v) is 8.88. The lowest BCUT2D eigenvalue weighted by Crippen LogP contribution is -2.11. The van der Waals surface area contributed by atoms with Gasteiger partial charge in [0.15, 0.2) is 0 Å². The molecular formula is C11H20O2. The van der Waals surface area contributed by atoms with Gasteiger partial charge in [0.25, 0.3) is 6.47 Å².